The summed E-state index contributed by atoms with van der Waals surface area (Å²) in [5.41, 5.74) is 17.2. The lowest BCUT2D eigenvalue weighted by Crippen LogP contribution is -2.03. The van der Waals surface area contributed by atoms with Gasteiger partial charge in [0.05, 0.1) is 0 Å². The van der Waals surface area contributed by atoms with Crippen LogP contribution in [0.5, 0.6) is 0 Å². The third-order valence-corrected chi connectivity index (χ3v) is 9.49. The van der Waals surface area contributed by atoms with Gasteiger partial charge in [-0.05, 0) is 110 Å². The topological polar surface area (TPSA) is 12.4 Å². The van der Waals surface area contributed by atoms with Crippen LogP contribution in [0, 0.1) is 5.92 Å². The average molecular weight is 540 g/mol. The Morgan fingerprint density at radius 3 is 2.55 bits per heavy atom. The van der Waals surface area contributed by atoms with Crippen molar-refractivity contribution in [3.05, 3.63) is 154 Å². The van der Waals surface area contributed by atoms with Gasteiger partial charge in [-0.15, -0.1) is 0 Å². The number of hydrogen-bond donors (Lipinski definition) is 0. The number of hydrogen-bond acceptors (Lipinski definition) is 1. The normalized spacial score (nSPS) is 22.5. The fraction of sp³-hybridized carbons (Fsp3) is 0.146. The van der Waals surface area contributed by atoms with Gasteiger partial charge in [0, 0.05) is 23.4 Å². The van der Waals surface area contributed by atoms with Crippen molar-refractivity contribution in [2.45, 2.75) is 32.6 Å². The maximum absolute atomic E-state index is 4.74. The summed E-state index contributed by atoms with van der Waals surface area (Å²) >= 11 is 0. The minimum Gasteiger partial charge on any atom is -0.261 e. The summed E-state index contributed by atoms with van der Waals surface area (Å²) in [6.07, 6.45) is 21.8. The Balaban J connectivity index is 1.28. The second kappa shape index (κ2) is 9.96. The van der Waals surface area contributed by atoms with E-state index in [1.54, 1.807) is 0 Å². The molecular weight excluding hydrogens is 506 g/mol. The SMILES string of the molecule is C=Cc1cc2c(cc1/C=C1\Cc3cccc4c(C5=NC=CCC5)ccc1c34)/C1=C/C=C\Cc3ccccc3/C=C/2C1C. The molecule has 1 heterocycles. The van der Waals surface area contributed by atoms with Crippen LogP contribution in [-0.4, -0.2) is 5.71 Å². The molecule has 0 saturated carbocycles. The first-order valence-corrected chi connectivity index (χ1v) is 15.1. The van der Waals surface area contributed by atoms with Crippen LogP contribution in [0.15, 0.2) is 109 Å². The van der Waals surface area contributed by atoms with E-state index in [9.17, 15) is 0 Å². The maximum atomic E-state index is 4.74. The third-order valence-electron chi connectivity index (χ3n) is 9.49. The summed E-state index contributed by atoms with van der Waals surface area (Å²) in [7, 11) is 0. The number of aliphatic imine (C=N–C) groups is 1. The van der Waals surface area contributed by atoms with E-state index in [2.05, 4.69) is 117 Å². The summed E-state index contributed by atoms with van der Waals surface area (Å²) in [6.45, 7) is 6.59. The van der Waals surface area contributed by atoms with Crippen LogP contribution in [0.3, 0.4) is 0 Å². The van der Waals surface area contributed by atoms with Gasteiger partial charge in [-0.2, -0.15) is 0 Å². The Morgan fingerprint density at radius 1 is 0.833 bits per heavy atom. The molecule has 1 aliphatic heterocycles. The van der Waals surface area contributed by atoms with E-state index in [0.29, 0.717) is 5.92 Å². The first-order valence-electron chi connectivity index (χ1n) is 15.1. The molecule has 1 nitrogen and oxygen atoms in total. The van der Waals surface area contributed by atoms with Gasteiger partial charge >= 0.3 is 0 Å². The van der Waals surface area contributed by atoms with Gasteiger partial charge in [0.15, 0.2) is 0 Å². The standard InChI is InChI=1S/C41H33N/c1-3-27-23-39-37-24-29-13-5-4-11-28(29)12-6-7-15-33(26(37)2)38(39)25-31(27)22-32-21-30-14-10-16-36-35(19-18-34(32)41(30)36)40-17-8-9-20-42-40/h3-7,9-11,13-16,18-20,22-26H,1,8,12,17,21H2,2H3/b7-6-,32-22+,33-15+,37-24+. The lowest BCUT2D eigenvalue weighted by Gasteiger charge is -2.13. The predicted molar refractivity (Wildman–Crippen MR) is 181 cm³/mol. The van der Waals surface area contributed by atoms with Gasteiger partial charge < -0.3 is 0 Å². The van der Waals surface area contributed by atoms with Gasteiger partial charge in [-0.25, -0.2) is 0 Å². The number of rotatable bonds is 3. The fourth-order valence-corrected chi connectivity index (χ4v) is 7.35. The molecule has 3 aliphatic carbocycles. The summed E-state index contributed by atoms with van der Waals surface area (Å²) in [5.74, 6) is 0.330. The van der Waals surface area contributed by atoms with E-state index in [-0.39, 0.29) is 0 Å². The van der Waals surface area contributed by atoms with Crippen molar-refractivity contribution in [1.29, 1.82) is 0 Å². The molecule has 42 heavy (non-hydrogen) atoms. The van der Waals surface area contributed by atoms with Crippen molar-refractivity contribution < 1.29 is 0 Å². The largest absolute Gasteiger partial charge is 0.261 e. The average Bonchev–Trinajstić information content (AvgIpc) is 3.50. The van der Waals surface area contributed by atoms with Gasteiger partial charge in [0.2, 0.25) is 0 Å². The Hall–Kier alpha value is -4.75. The Bertz CT molecular complexity index is 2000. The lowest BCUT2D eigenvalue weighted by molar-refractivity contribution is 1.02. The van der Waals surface area contributed by atoms with E-state index in [4.69, 9.17) is 4.99 Å². The molecule has 0 fully saturated rings. The monoisotopic (exact) mass is 539 g/mol. The molecule has 1 atom stereocenters. The molecular formula is C41H33N. The number of nitrogens with zero attached hydrogens (tertiary/aromatic N) is 1. The summed E-state index contributed by atoms with van der Waals surface area (Å²) in [5, 5.41) is 2.72. The van der Waals surface area contributed by atoms with Crippen molar-refractivity contribution in [3.63, 3.8) is 0 Å². The minimum atomic E-state index is 0.330. The molecule has 4 aromatic rings. The molecule has 1 heteroatoms. The van der Waals surface area contributed by atoms with Crippen molar-refractivity contribution in [2.24, 2.45) is 10.9 Å². The first kappa shape index (κ1) is 25.0. The zero-order valence-corrected chi connectivity index (χ0v) is 24.0. The highest BCUT2D eigenvalue weighted by molar-refractivity contribution is 6.16. The number of benzene rings is 4. The van der Waals surface area contributed by atoms with Crippen LogP contribution in [0.25, 0.3) is 45.7 Å². The molecule has 4 aliphatic rings. The van der Waals surface area contributed by atoms with Crippen molar-refractivity contribution in [3.8, 4) is 0 Å². The Morgan fingerprint density at radius 2 is 1.67 bits per heavy atom. The van der Waals surface area contributed by atoms with Crippen LogP contribution in [0.1, 0.15) is 69.8 Å². The summed E-state index contributed by atoms with van der Waals surface area (Å²) in [6, 6.07) is 25.0. The third kappa shape index (κ3) is 3.96. The smallest absolute Gasteiger partial charge is 0.0485 e. The van der Waals surface area contributed by atoms with Crippen LogP contribution in [0.2, 0.25) is 0 Å². The zero-order chi connectivity index (χ0) is 28.2. The van der Waals surface area contributed by atoms with Crippen LogP contribution in [-0.2, 0) is 12.8 Å². The first-order chi connectivity index (χ1) is 20.7. The van der Waals surface area contributed by atoms with Crippen molar-refractivity contribution in [2.75, 3.05) is 0 Å². The van der Waals surface area contributed by atoms with E-state index < -0.39 is 0 Å². The number of fused-ring (bicyclic) bond motifs is 6. The molecule has 0 aromatic heterocycles. The molecule has 8 rings (SSSR count). The predicted octanol–water partition coefficient (Wildman–Crippen LogP) is 10.4. The van der Waals surface area contributed by atoms with Gasteiger partial charge in [0.25, 0.3) is 0 Å². The lowest BCUT2D eigenvalue weighted by atomic mass is 9.92. The van der Waals surface area contributed by atoms with E-state index in [1.807, 2.05) is 12.3 Å². The maximum Gasteiger partial charge on any atom is 0.0485 e. The molecule has 4 aromatic carbocycles. The van der Waals surface area contributed by atoms with Crippen LogP contribution < -0.4 is 0 Å². The summed E-state index contributed by atoms with van der Waals surface area (Å²) < 4.78 is 0. The summed E-state index contributed by atoms with van der Waals surface area (Å²) in [4.78, 5) is 4.74. The second-order valence-electron chi connectivity index (χ2n) is 11.9. The molecule has 1 unspecified atom stereocenters. The van der Waals surface area contributed by atoms with Gasteiger partial charge in [-0.1, -0.05) is 111 Å². The van der Waals surface area contributed by atoms with Gasteiger partial charge in [-0.3, -0.25) is 4.99 Å². The molecule has 0 saturated heterocycles. The molecule has 0 amide bonds. The van der Waals surface area contributed by atoms with Crippen LogP contribution >= 0.6 is 0 Å². The quantitative estimate of drug-likeness (QED) is 0.246. The fourth-order valence-electron chi connectivity index (χ4n) is 7.35. The molecule has 0 spiro atoms. The van der Waals surface area contributed by atoms with Crippen molar-refractivity contribution >= 4 is 51.4 Å². The van der Waals surface area contributed by atoms with Crippen LogP contribution in [0.4, 0.5) is 0 Å². The highest BCUT2D eigenvalue weighted by Crippen LogP contribution is 2.48. The molecule has 2 bridgehead atoms. The Kier molecular flexibility index (Phi) is 5.93. The zero-order valence-electron chi connectivity index (χ0n) is 24.0. The molecule has 202 valence electrons. The minimum absolute atomic E-state index is 0.330. The van der Waals surface area contributed by atoms with E-state index >= 15 is 0 Å². The van der Waals surface area contributed by atoms with E-state index in [1.165, 1.54) is 83.3 Å². The molecule has 0 N–H and O–H groups in total. The Labute approximate surface area is 248 Å². The second-order valence-corrected chi connectivity index (χ2v) is 11.9. The molecule has 0 radical (unpaired) electrons. The van der Waals surface area contributed by atoms with Crippen molar-refractivity contribution in [1.82, 2.24) is 0 Å². The highest BCUT2D eigenvalue weighted by Gasteiger charge is 2.30. The highest BCUT2D eigenvalue weighted by atomic mass is 14.7. The van der Waals surface area contributed by atoms with Gasteiger partial charge in [0.1, 0.15) is 0 Å². The van der Waals surface area contributed by atoms with E-state index in [0.717, 1.165) is 25.7 Å². The number of allylic oxidation sites excluding steroid dienone is 7.